The average Bonchev–Trinajstić information content (AvgIpc) is 2.38. The van der Waals surface area contributed by atoms with Gasteiger partial charge >= 0.3 is 0 Å². The normalized spacial score (nSPS) is 14.9. The van der Waals surface area contributed by atoms with Gasteiger partial charge in [0.15, 0.2) is 0 Å². The van der Waals surface area contributed by atoms with Crippen LogP contribution in [-0.2, 0) is 4.74 Å². The second kappa shape index (κ2) is 7.99. The molecule has 1 rings (SSSR count). The van der Waals surface area contributed by atoms with E-state index in [0.717, 1.165) is 5.56 Å². The molecular weight excluding hydrogens is 264 g/mol. The Hall–Kier alpha value is -1.30. The molecule has 0 aliphatic heterocycles. The van der Waals surface area contributed by atoms with Gasteiger partial charge in [0.2, 0.25) is 5.96 Å². The number of hydrazine groups is 1. The number of methoxy groups -OCH3 is 1. The number of rotatable bonds is 5. The van der Waals surface area contributed by atoms with Crippen LogP contribution in [0.3, 0.4) is 0 Å². The Kier molecular flexibility index (Phi) is 6.62. The van der Waals surface area contributed by atoms with Crippen molar-refractivity contribution in [2.45, 2.75) is 25.9 Å². The number of benzene rings is 1. The molecule has 4 N–H and O–H groups in total. The molecule has 0 aromatic heterocycles. The van der Waals surface area contributed by atoms with Crippen molar-refractivity contribution in [1.29, 1.82) is 0 Å². The fourth-order valence-corrected chi connectivity index (χ4v) is 1.78. The maximum atomic E-state index is 5.86. The molecule has 19 heavy (non-hydrogen) atoms. The first-order chi connectivity index (χ1) is 9.06. The molecule has 0 aliphatic rings. The second-order valence-corrected chi connectivity index (χ2v) is 4.79. The van der Waals surface area contributed by atoms with Gasteiger partial charge in [-0.05, 0) is 31.5 Å². The van der Waals surface area contributed by atoms with Gasteiger partial charge in [-0.3, -0.25) is 5.43 Å². The molecule has 0 aliphatic carbocycles. The quantitative estimate of drug-likeness (QED) is 0.334. The van der Waals surface area contributed by atoms with Crippen molar-refractivity contribution < 1.29 is 4.74 Å². The summed E-state index contributed by atoms with van der Waals surface area (Å²) in [4.78, 5) is 4.49. The Morgan fingerprint density at radius 3 is 2.53 bits per heavy atom. The summed E-state index contributed by atoms with van der Waals surface area (Å²) < 4.78 is 5.05. The fourth-order valence-electron chi connectivity index (χ4n) is 1.65. The van der Waals surface area contributed by atoms with Crippen molar-refractivity contribution in [3.05, 3.63) is 34.9 Å². The molecule has 0 fully saturated rings. The summed E-state index contributed by atoms with van der Waals surface area (Å²) in [5.74, 6) is 6.00. The molecular formula is C13H21ClN4O. The monoisotopic (exact) mass is 284 g/mol. The second-order valence-electron chi connectivity index (χ2n) is 4.35. The molecule has 5 nitrogen and oxygen atoms in total. The number of nitrogens with zero attached hydrogens (tertiary/aromatic N) is 1. The zero-order valence-corrected chi connectivity index (χ0v) is 12.2. The summed E-state index contributed by atoms with van der Waals surface area (Å²) in [5, 5.41) is 3.85. The van der Waals surface area contributed by atoms with Gasteiger partial charge in [0.05, 0.1) is 12.6 Å². The van der Waals surface area contributed by atoms with Crippen molar-refractivity contribution in [1.82, 2.24) is 10.7 Å². The predicted octanol–water partition coefficient (Wildman–Crippen LogP) is 1.84. The molecule has 6 heteroatoms. The van der Waals surface area contributed by atoms with Crippen molar-refractivity contribution in [3.8, 4) is 0 Å². The van der Waals surface area contributed by atoms with Crippen LogP contribution in [0.1, 0.15) is 25.5 Å². The number of halogens is 1. The van der Waals surface area contributed by atoms with E-state index < -0.39 is 0 Å². The van der Waals surface area contributed by atoms with Crippen LogP contribution in [0, 0.1) is 0 Å². The van der Waals surface area contributed by atoms with E-state index in [1.165, 1.54) is 0 Å². The molecule has 2 atom stereocenters. The zero-order valence-electron chi connectivity index (χ0n) is 11.5. The summed E-state index contributed by atoms with van der Waals surface area (Å²) >= 11 is 5.86. The molecule has 0 spiro atoms. The van der Waals surface area contributed by atoms with E-state index in [0.29, 0.717) is 17.6 Å². The maximum absolute atomic E-state index is 5.86. The highest BCUT2D eigenvalue weighted by atomic mass is 35.5. The minimum atomic E-state index is -0.0226. The smallest absolute Gasteiger partial charge is 0.206 e. The Morgan fingerprint density at radius 2 is 2.00 bits per heavy atom. The number of guanidine groups is 1. The number of ether oxygens (including phenoxy) is 1. The largest absolute Gasteiger partial charge is 0.383 e. The third kappa shape index (κ3) is 5.46. The Labute approximate surface area is 119 Å². The highest BCUT2D eigenvalue weighted by molar-refractivity contribution is 6.30. The number of nitrogens with two attached hydrogens (primary N) is 1. The van der Waals surface area contributed by atoms with Crippen molar-refractivity contribution in [2.75, 3.05) is 13.7 Å². The number of hydrogen-bond donors (Lipinski definition) is 3. The highest BCUT2D eigenvalue weighted by Gasteiger charge is 2.08. The summed E-state index contributed by atoms with van der Waals surface area (Å²) in [6, 6.07) is 7.69. The van der Waals surface area contributed by atoms with E-state index in [-0.39, 0.29) is 12.1 Å². The van der Waals surface area contributed by atoms with E-state index in [9.17, 15) is 0 Å². The van der Waals surface area contributed by atoms with Gasteiger partial charge in [-0.15, -0.1) is 0 Å². The lowest BCUT2D eigenvalue weighted by Crippen LogP contribution is -2.47. The Balaban J connectivity index is 2.71. The Bertz CT molecular complexity index is 408. The van der Waals surface area contributed by atoms with Gasteiger partial charge < -0.3 is 10.1 Å². The van der Waals surface area contributed by atoms with Crippen LogP contribution in [0.4, 0.5) is 0 Å². The SMILES string of the molecule is COCC(C)NC(=NC(C)c1ccc(Cl)cc1)NN. The summed E-state index contributed by atoms with van der Waals surface area (Å²) in [7, 11) is 1.65. The van der Waals surface area contributed by atoms with E-state index in [4.69, 9.17) is 22.2 Å². The van der Waals surface area contributed by atoms with E-state index >= 15 is 0 Å². The van der Waals surface area contributed by atoms with Crippen molar-refractivity contribution in [3.63, 3.8) is 0 Å². The zero-order chi connectivity index (χ0) is 14.3. The van der Waals surface area contributed by atoms with Crippen LogP contribution in [0.25, 0.3) is 0 Å². The van der Waals surface area contributed by atoms with Gasteiger partial charge in [0.25, 0.3) is 0 Å². The summed E-state index contributed by atoms with van der Waals surface area (Å²) in [6.45, 7) is 4.56. The lowest BCUT2D eigenvalue weighted by atomic mass is 10.1. The van der Waals surface area contributed by atoms with Crippen molar-refractivity contribution >= 4 is 17.6 Å². The number of nitrogens with one attached hydrogen (secondary N) is 2. The summed E-state index contributed by atoms with van der Waals surface area (Å²) in [6.07, 6.45) is 0. The first-order valence-electron chi connectivity index (χ1n) is 6.12. The molecule has 0 heterocycles. The van der Waals surface area contributed by atoms with Gasteiger partial charge in [-0.25, -0.2) is 10.8 Å². The fraction of sp³-hybridized carbons (Fsp3) is 0.462. The third-order valence-electron chi connectivity index (χ3n) is 2.61. The van der Waals surface area contributed by atoms with E-state index in [1.54, 1.807) is 7.11 Å². The van der Waals surface area contributed by atoms with Gasteiger partial charge in [0.1, 0.15) is 0 Å². The molecule has 0 radical (unpaired) electrons. The van der Waals surface area contributed by atoms with E-state index in [2.05, 4.69) is 15.7 Å². The minimum Gasteiger partial charge on any atom is -0.383 e. The molecule has 0 saturated carbocycles. The first kappa shape index (κ1) is 15.8. The van der Waals surface area contributed by atoms with Crippen LogP contribution in [0.2, 0.25) is 5.02 Å². The number of hydrogen-bond acceptors (Lipinski definition) is 3. The average molecular weight is 285 g/mol. The Morgan fingerprint density at radius 1 is 1.37 bits per heavy atom. The molecule has 1 aromatic carbocycles. The van der Waals surface area contributed by atoms with Crippen LogP contribution in [0.5, 0.6) is 0 Å². The van der Waals surface area contributed by atoms with Gasteiger partial charge in [-0.1, -0.05) is 23.7 Å². The summed E-state index contributed by atoms with van der Waals surface area (Å²) in [5.41, 5.74) is 3.63. The number of aliphatic imine (C=N–C) groups is 1. The lowest BCUT2D eigenvalue weighted by Gasteiger charge is -2.17. The molecule has 0 amide bonds. The standard InChI is InChI=1S/C13H21ClN4O/c1-9(8-19-3)16-13(18-15)17-10(2)11-4-6-12(14)7-5-11/h4-7,9-10H,8,15H2,1-3H3,(H2,16,17,18). The van der Waals surface area contributed by atoms with Crippen molar-refractivity contribution in [2.24, 2.45) is 10.8 Å². The molecule has 2 unspecified atom stereocenters. The highest BCUT2D eigenvalue weighted by Crippen LogP contribution is 2.18. The molecule has 0 bridgehead atoms. The van der Waals surface area contributed by atoms with Gasteiger partial charge in [-0.2, -0.15) is 0 Å². The van der Waals surface area contributed by atoms with Crippen LogP contribution < -0.4 is 16.6 Å². The third-order valence-corrected chi connectivity index (χ3v) is 2.86. The minimum absolute atomic E-state index is 0.0226. The van der Waals surface area contributed by atoms with Crippen LogP contribution in [-0.4, -0.2) is 25.7 Å². The maximum Gasteiger partial charge on any atom is 0.206 e. The van der Waals surface area contributed by atoms with Crippen LogP contribution >= 0.6 is 11.6 Å². The predicted molar refractivity (Wildman–Crippen MR) is 79.1 cm³/mol. The first-order valence-corrected chi connectivity index (χ1v) is 6.50. The van der Waals surface area contributed by atoms with Crippen LogP contribution in [0.15, 0.2) is 29.3 Å². The molecule has 106 valence electrons. The lowest BCUT2D eigenvalue weighted by molar-refractivity contribution is 0.179. The van der Waals surface area contributed by atoms with E-state index in [1.807, 2.05) is 38.1 Å². The molecule has 1 aromatic rings. The van der Waals surface area contributed by atoms with Gasteiger partial charge in [0, 0.05) is 18.2 Å². The topological polar surface area (TPSA) is 71.7 Å². The molecule has 0 saturated heterocycles.